The van der Waals surface area contributed by atoms with Gasteiger partial charge in [-0.3, -0.25) is 0 Å². The number of aliphatic hydroxyl groups is 2. The van der Waals surface area contributed by atoms with E-state index in [1.807, 2.05) is 0 Å². The van der Waals surface area contributed by atoms with Crippen LogP contribution in [0.25, 0.3) is 0 Å². The zero-order valence-corrected chi connectivity index (χ0v) is 8.28. The van der Waals surface area contributed by atoms with Crippen LogP contribution in [0.2, 0.25) is 0 Å². The molecule has 0 amide bonds. The maximum Gasteiger partial charge on any atom is 0.420 e. The van der Waals surface area contributed by atoms with Crippen molar-refractivity contribution >= 4 is 20.8 Å². The Bertz CT molecular complexity index is 415. The first-order valence-corrected chi connectivity index (χ1v) is 5.75. The molecule has 0 radical (unpaired) electrons. The van der Waals surface area contributed by atoms with E-state index in [0.717, 1.165) is 6.92 Å². The van der Waals surface area contributed by atoms with Crippen molar-refractivity contribution in [3.05, 3.63) is 0 Å². The molecule has 1 fully saturated rings. The molecular weight excluding hydrogens is 244 g/mol. The minimum atomic E-state index is -5.08. The minimum absolute atomic E-state index is 0.863. The lowest BCUT2D eigenvalue weighted by molar-refractivity contribution is -0.324. The summed E-state index contributed by atoms with van der Waals surface area (Å²) in [6.07, 6.45) is -1.86. The largest absolute Gasteiger partial charge is 0.420 e. The highest BCUT2D eigenvalue weighted by Crippen LogP contribution is 2.24. The summed E-state index contributed by atoms with van der Waals surface area (Å²) in [6.45, 7) is 0.863. The fourth-order valence-corrected chi connectivity index (χ4v) is 2.56. The van der Waals surface area contributed by atoms with E-state index in [9.17, 15) is 16.8 Å². The van der Waals surface area contributed by atoms with Gasteiger partial charge in [0.25, 0.3) is 0 Å². The van der Waals surface area contributed by atoms with Gasteiger partial charge in [-0.2, -0.15) is 21.0 Å². The Hall–Kier alpha value is -0.300. The third-order valence-corrected chi connectivity index (χ3v) is 3.49. The van der Waals surface area contributed by atoms with Crippen LogP contribution in [0.5, 0.6) is 0 Å². The standard InChI is InChI=1S/C3H6O9S2/c1-2-3(4,5)11-14(8,9)12-13(6,7)10-2/h2,4-5H,1H3. The zero-order chi connectivity index (χ0) is 11.2. The number of hydrogen-bond donors (Lipinski definition) is 2. The molecule has 0 aromatic carbocycles. The van der Waals surface area contributed by atoms with Crippen LogP contribution in [0.4, 0.5) is 0 Å². The van der Waals surface area contributed by atoms with Crippen LogP contribution in [-0.4, -0.2) is 39.1 Å². The highest BCUT2D eigenvalue weighted by molar-refractivity contribution is 7.95. The lowest BCUT2D eigenvalue weighted by atomic mass is 10.3. The van der Waals surface area contributed by atoms with E-state index >= 15 is 0 Å². The van der Waals surface area contributed by atoms with Gasteiger partial charge in [-0.25, -0.2) is 4.18 Å². The molecule has 1 aliphatic rings. The minimum Gasteiger partial charge on any atom is -0.340 e. The molecule has 1 aliphatic heterocycles. The molecule has 9 nitrogen and oxygen atoms in total. The summed E-state index contributed by atoms with van der Waals surface area (Å²) >= 11 is 0. The quantitative estimate of drug-likeness (QED) is 0.449. The molecule has 2 N–H and O–H groups in total. The number of hydrogen-bond acceptors (Lipinski definition) is 9. The predicted molar refractivity (Wildman–Crippen MR) is 37.7 cm³/mol. The zero-order valence-electron chi connectivity index (χ0n) is 6.65. The third kappa shape index (κ3) is 2.60. The van der Waals surface area contributed by atoms with E-state index in [4.69, 9.17) is 10.2 Å². The van der Waals surface area contributed by atoms with E-state index in [1.165, 1.54) is 0 Å². The Morgan fingerprint density at radius 2 is 1.64 bits per heavy atom. The van der Waals surface area contributed by atoms with Gasteiger partial charge in [0.15, 0.2) is 6.10 Å². The van der Waals surface area contributed by atoms with Gasteiger partial charge >= 0.3 is 26.8 Å². The molecule has 14 heavy (non-hydrogen) atoms. The summed E-state index contributed by atoms with van der Waals surface area (Å²) in [6, 6.07) is 0. The molecule has 1 rings (SSSR count). The first-order valence-electron chi connectivity index (χ1n) is 3.09. The first-order chi connectivity index (χ1) is 6.04. The fraction of sp³-hybridized carbons (Fsp3) is 1.00. The van der Waals surface area contributed by atoms with Crippen molar-refractivity contribution in [1.82, 2.24) is 0 Å². The van der Waals surface area contributed by atoms with Crippen LogP contribution in [-0.2, 0) is 32.8 Å². The molecule has 1 saturated heterocycles. The lowest BCUT2D eigenvalue weighted by Crippen LogP contribution is -2.44. The van der Waals surface area contributed by atoms with Gasteiger partial charge < -0.3 is 10.2 Å². The molecule has 0 bridgehead atoms. The summed E-state index contributed by atoms with van der Waals surface area (Å²) in [5.74, 6) is -3.30. The van der Waals surface area contributed by atoms with Gasteiger partial charge in [0.2, 0.25) is 0 Å². The monoisotopic (exact) mass is 250 g/mol. The second-order valence-corrected chi connectivity index (χ2v) is 4.90. The van der Waals surface area contributed by atoms with Crippen molar-refractivity contribution in [2.24, 2.45) is 0 Å². The van der Waals surface area contributed by atoms with Gasteiger partial charge in [0.05, 0.1) is 0 Å². The van der Waals surface area contributed by atoms with Crippen LogP contribution in [0, 0.1) is 0 Å². The predicted octanol–water partition coefficient (Wildman–Crippen LogP) is -2.43. The highest BCUT2D eigenvalue weighted by atomic mass is 32.3. The van der Waals surface area contributed by atoms with E-state index in [2.05, 4.69) is 12.0 Å². The van der Waals surface area contributed by atoms with Gasteiger partial charge in [-0.1, -0.05) is 0 Å². The second kappa shape index (κ2) is 3.10. The van der Waals surface area contributed by atoms with Gasteiger partial charge in [-0.05, 0) is 6.92 Å². The second-order valence-electron chi connectivity index (χ2n) is 2.36. The Morgan fingerprint density at radius 3 is 2.14 bits per heavy atom. The third-order valence-electron chi connectivity index (χ3n) is 1.18. The summed E-state index contributed by atoms with van der Waals surface area (Å²) in [7, 11) is -9.96. The first kappa shape index (κ1) is 11.8. The van der Waals surface area contributed by atoms with Gasteiger partial charge in [-0.15, -0.1) is 3.63 Å². The van der Waals surface area contributed by atoms with Gasteiger partial charge in [0, 0.05) is 0 Å². The van der Waals surface area contributed by atoms with Gasteiger partial charge in [0.1, 0.15) is 0 Å². The molecule has 1 atom stereocenters. The summed E-state index contributed by atoms with van der Waals surface area (Å²) in [5, 5.41) is 17.8. The SMILES string of the molecule is CC1OS(=O)(=O)OS(=O)(=O)OC1(O)O. The van der Waals surface area contributed by atoms with Crippen molar-refractivity contribution in [3.8, 4) is 0 Å². The average Bonchev–Trinajstić information content (AvgIpc) is 1.81. The maximum absolute atomic E-state index is 10.7. The summed E-state index contributed by atoms with van der Waals surface area (Å²) in [4.78, 5) is 0. The van der Waals surface area contributed by atoms with Crippen LogP contribution in [0.15, 0.2) is 0 Å². The molecule has 0 spiro atoms. The molecule has 0 aromatic heterocycles. The van der Waals surface area contributed by atoms with Crippen LogP contribution < -0.4 is 0 Å². The van der Waals surface area contributed by atoms with Crippen molar-refractivity contribution in [2.75, 3.05) is 0 Å². The highest BCUT2D eigenvalue weighted by Gasteiger charge is 2.48. The Labute approximate surface area is 79.5 Å². The Balaban J connectivity index is 3.20. The number of rotatable bonds is 0. The van der Waals surface area contributed by atoms with E-state index in [0.29, 0.717) is 0 Å². The van der Waals surface area contributed by atoms with Crippen molar-refractivity contribution < 1.29 is 39.0 Å². The Kier molecular flexibility index (Phi) is 2.60. The Morgan fingerprint density at radius 1 is 1.14 bits per heavy atom. The van der Waals surface area contributed by atoms with E-state index in [-0.39, 0.29) is 0 Å². The molecular formula is C3H6O9S2. The van der Waals surface area contributed by atoms with Crippen molar-refractivity contribution in [2.45, 2.75) is 19.0 Å². The van der Waals surface area contributed by atoms with E-state index < -0.39 is 32.9 Å². The molecule has 0 saturated carbocycles. The molecule has 0 aromatic rings. The smallest absolute Gasteiger partial charge is 0.340 e. The van der Waals surface area contributed by atoms with Crippen LogP contribution in [0.3, 0.4) is 0 Å². The lowest BCUT2D eigenvalue weighted by Gasteiger charge is -2.20. The topological polar surface area (TPSA) is 136 Å². The van der Waals surface area contributed by atoms with E-state index in [1.54, 1.807) is 0 Å². The fourth-order valence-electron chi connectivity index (χ4n) is 0.589. The molecule has 84 valence electrons. The molecule has 1 heterocycles. The van der Waals surface area contributed by atoms with Crippen molar-refractivity contribution in [3.63, 3.8) is 0 Å². The normalized spacial score (nSPS) is 34.6. The van der Waals surface area contributed by atoms with Crippen LogP contribution in [0.1, 0.15) is 6.92 Å². The van der Waals surface area contributed by atoms with Crippen molar-refractivity contribution in [1.29, 1.82) is 0 Å². The average molecular weight is 250 g/mol. The maximum atomic E-state index is 10.7. The van der Waals surface area contributed by atoms with Crippen LogP contribution >= 0.6 is 0 Å². The molecule has 0 aliphatic carbocycles. The molecule has 11 heteroatoms. The molecule has 1 unspecified atom stereocenters. The summed E-state index contributed by atoms with van der Waals surface area (Å²) < 4.78 is 53.4. The summed E-state index contributed by atoms with van der Waals surface area (Å²) in [5.41, 5.74) is 0.